The zero-order valence-corrected chi connectivity index (χ0v) is 10.6. The number of hydrogen-bond donors (Lipinski definition) is 1. The highest BCUT2D eigenvalue weighted by Crippen LogP contribution is 2.23. The number of rotatable bonds is 6. The molecule has 0 saturated heterocycles. The van der Waals surface area contributed by atoms with Crippen molar-refractivity contribution in [3.8, 4) is 0 Å². The minimum absolute atomic E-state index is 0.168. The summed E-state index contributed by atoms with van der Waals surface area (Å²) in [7, 11) is 0. The number of alkyl halides is 2. The maximum Gasteiger partial charge on any atom is 0.261 e. The molecule has 0 aliphatic rings. The second-order valence-corrected chi connectivity index (χ2v) is 4.31. The quantitative estimate of drug-likeness (QED) is 0.798. The van der Waals surface area contributed by atoms with Crippen LogP contribution in [0.1, 0.15) is 29.2 Å². The summed E-state index contributed by atoms with van der Waals surface area (Å²) in [5, 5.41) is 0. The fraction of sp³-hybridized carbons (Fsp3) is 0.538. The van der Waals surface area contributed by atoms with Crippen molar-refractivity contribution in [3.05, 3.63) is 34.6 Å². The lowest BCUT2D eigenvalue weighted by atomic mass is 9.95. The van der Waals surface area contributed by atoms with Crippen molar-refractivity contribution >= 4 is 0 Å². The zero-order chi connectivity index (χ0) is 13.7. The summed E-state index contributed by atoms with van der Waals surface area (Å²) in [4.78, 5) is 0. The molecule has 0 radical (unpaired) electrons. The third-order valence-electron chi connectivity index (χ3n) is 2.75. The average molecular weight is 261 g/mol. The van der Waals surface area contributed by atoms with Gasteiger partial charge >= 0.3 is 0 Å². The van der Waals surface area contributed by atoms with Crippen molar-refractivity contribution in [3.63, 3.8) is 0 Å². The topological polar surface area (TPSA) is 35.2 Å². The molecule has 1 aromatic carbocycles. The number of nitrogens with two attached hydrogens (primary N) is 1. The van der Waals surface area contributed by atoms with E-state index in [0.29, 0.717) is 6.42 Å². The van der Waals surface area contributed by atoms with Gasteiger partial charge in [-0.25, -0.2) is 13.2 Å². The lowest BCUT2D eigenvalue weighted by Crippen LogP contribution is -2.17. The average Bonchev–Trinajstić information content (AvgIpc) is 2.22. The molecule has 0 bridgehead atoms. The Hall–Kier alpha value is -1.07. The lowest BCUT2D eigenvalue weighted by Gasteiger charge is -2.17. The van der Waals surface area contributed by atoms with Gasteiger partial charge in [0, 0.05) is 12.6 Å². The molecule has 0 aliphatic carbocycles. The van der Waals surface area contributed by atoms with Crippen LogP contribution in [0.2, 0.25) is 0 Å². The summed E-state index contributed by atoms with van der Waals surface area (Å²) in [5.74, 6) is -0.296. The molecule has 0 fully saturated rings. The summed E-state index contributed by atoms with van der Waals surface area (Å²) in [5.41, 5.74) is 8.38. The summed E-state index contributed by atoms with van der Waals surface area (Å²) >= 11 is 0. The van der Waals surface area contributed by atoms with E-state index in [1.807, 2.05) is 0 Å². The number of ether oxygens (including phenoxy) is 1. The molecule has 0 aromatic heterocycles. The van der Waals surface area contributed by atoms with E-state index in [9.17, 15) is 13.2 Å². The minimum Gasteiger partial charge on any atom is -0.375 e. The molecule has 0 heterocycles. The molecule has 1 atom stereocenters. The molecule has 5 heteroatoms. The first-order chi connectivity index (χ1) is 8.41. The molecular weight excluding hydrogens is 243 g/mol. The maximum absolute atomic E-state index is 13.1. The molecule has 1 aromatic rings. The Morgan fingerprint density at radius 3 is 2.28 bits per heavy atom. The third kappa shape index (κ3) is 4.31. The first kappa shape index (κ1) is 15.0. The van der Waals surface area contributed by atoms with Crippen molar-refractivity contribution in [2.24, 2.45) is 5.73 Å². The summed E-state index contributed by atoms with van der Waals surface area (Å²) < 4.78 is 41.6. The largest absolute Gasteiger partial charge is 0.375 e. The first-order valence-electron chi connectivity index (χ1n) is 5.80. The van der Waals surface area contributed by atoms with E-state index in [0.717, 1.165) is 16.7 Å². The van der Waals surface area contributed by atoms with Gasteiger partial charge in [0.05, 0.1) is 0 Å². The first-order valence-corrected chi connectivity index (χ1v) is 5.80. The highest BCUT2D eigenvalue weighted by atomic mass is 19.3. The highest BCUT2D eigenvalue weighted by molar-refractivity contribution is 5.36. The Labute approximate surface area is 105 Å². The van der Waals surface area contributed by atoms with Gasteiger partial charge in [0.2, 0.25) is 0 Å². The van der Waals surface area contributed by atoms with Crippen molar-refractivity contribution in [1.82, 2.24) is 0 Å². The zero-order valence-electron chi connectivity index (χ0n) is 10.6. The molecule has 1 unspecified atom stereocenters. The minimum atomic E-state index is -2.46. The number of aryl methyl sites for hydroxylation is 2. The summed E-state index contributed by atoms with van der Waals surface area (Å²) in [6, 6.07) is 2.51. The van der Waals surface area contributed by atoms with Gasteiger partial charge in [-0.15, -0.1) is 0 Å². The van der Waals surface area contributed by atoms with Gasteiger partial charge in [-0.3, -0.25) is 0 Å². The lowest BCUT2D eigenvalue weighted by molar-refractivity contribution is 0.0152. The van der Waals surface area contributed by atoms with Crippen LogP contribution in [-0.4, -0.2) is 19.6 Å². The Morgan fingerprint density at radius 1 is 1.22 bits per heavy atom. The van der Waals surface area contributed by atoms with Gasteiger partial charge < -0.3 is 10.5 Å². The molecule has 1 rings (SSSR count). The second-order valence-electron chi connectivity index (χ2n) is 4.31. The number of halogens is 3. The van der Waals surface area contributed by atoms with Gasteiger partial charge in [-0.1, -0.05) is 0 Å². The van der Waals surface area contributed by atoms with Crippen LogP contribution in [0.5, 0.6) is 0 Å². The normalized spacial score (nSPS) is 13.1. The van der Waals surface area contributed by atoms with Crippen LogP contribution in [0.25, 0.3) is 0 Å². The molecule has 0 spiro atoms. The van der Waals surface area contributed by atoms with Crippen LogP contribution in [0, 0.1) is 19.7 Å². The standard InChI is InChI=1S/C13H18F3NO/c1-8-5-10(14)6-9(2)13(8)11(17)3-4-18-7-12(15)16/h5-6,11-12H,3-4,7,17H2,1-2H3. The van der Waals surface area contributed by atoms with E-state index in [4.69, 9.17) is 10.5 Å². The highest BCUT2D eigenvalue weighted by Gasteiger charge is 2.13. The maximum atomic E-state index is 13.1. The van der Waals surface area contributed by atoms with Gasteiger partial charge in [-0.05, 0) is 49.1 Å². The Kier molecular flexibility index (Phi) is 5.62. The van der Waals surface area contributed by atoms with Gasteiger partial charge in [0.1, 0.15) is 12.4 Å². The Balaban J connectivity index is 2.59. The Morgan fingerprint density at radius 2 is 1.78 bits per heavy atom. The Bertz CT molecular complexity index is 373. The van der Waals surface area contributed by atoms with Gasteiger partial charge in [-0.2, -0.15) is 0 Å². The SMILES string of the molecule is Cc1cc(F)cc(C)c1C(N)CCOCC(F)F. The fourth-order valence-electron chi connectivity index (χ4n) is 2.03. The van der Waals surface area contributed by atoms with Crippen LogP contribution in [0.15, 0.2) is 12.1 Å². The smallest absolute Gasteiger partial charge is 0.261 e. The van der Waals surface area contributed by atoms with Crippen molar-refractivity contribution in [1.29, 1.82) is 0 Å². The number of benzene rings is 1. The molecule has 0 amide bonds. The second kappa shape index (κ2) is 6.75. The van der Waals surface area contributed by atoms with E-state index in [-0.39, 0.29) is 18.5 Å². The van der Waals surface area contributed by atoms with E-state index in [1.165, 1.54) is 12.1 Å². The van der Waals surface area contributed by atoms with Crippen LogP contribution in [0.3, 0.4) is 0 Å². The molecule has 0 saturated carbocycles. The monoisotopic (exact) mass is 261 g/mol. The van der Waals surface area contributed by atoms with Crippen molar-refractivity contribution in [2.75, 3.05) is 13.2 Å². The molecule has 2 N–H and O–H groups in total. The van der Waals surface area contributed by atoms with E-state index < -0.39 is 13.0 Å². The molecule has 2 nitrogen and oxygen atoms in total. The van der Waals surface area contributed by atoms with Crippen molar-refractivity contribution < 1.29 is 17.9 Å². The molecule has 102 valence electrons. The van der Waals surface area contributed by atoms with Crippen molar-refractivity contribution in [2.45, 2.75) is 32.7 Å². The third-order valence-corrected chi connectivity index (χ3v) is 2.75. The van der Waals surface area contributed by atoms with E-state index in [2.05, 4.69) is 0 Å². The summed E-state index contributed by atoms with van der Waals surface area (Å²) in [6.45, 7) is 3.16. The number of hydrogen-bond acceptors (Lipinski definition) is 2. The molecular formula is C13H18F3NO. The van der Waals surface area contributed by atoms with Crippen LogP contribution < -0.4 is 5.73 Å². The predicted octanol–water partition coefficient (Wildman–Crippen LogP) is 3.11. The molecule has 18 heavy (non-hydrogen) atoms. The van der Waals surface area contributed by atoms with Gasteiger partial charge in [0.15, 0.2) is 0 Å². The van der Waals surface area contributed by atoms with Crippen LogP contribution >= 0.6 is 0 Å². The fourth-order valence-corrected chi connectivity index (χ4v) is 2.03. The van der Waals surface area contributed by atoms with Crippen LogP contribution in [-0.2, 0) is 4.74 Å². The summed E-state index contributed by atoms with van der Waals surface area (Å²) in [6.07, 6.45) is -2.03. The van der Waals surface area contributed by atoms with E-state index >= 15 is 0 Å². The van der Waals surface area contributed by atoms with Gasteiger partial charge in [0.25, 0.3) is 6.43 Å². The predicted molar refractivity (Wildman–Crippen MR) is 64.2 cm³/mol. The van der Waals surface area contributed by atoms with E-state index in [1.54, 1.807) is 13.8 Å². The molecule has 0 aliphatic heterocycles. The van der Waals surface area contributed by atoms with Crippen LogP contribution in [0.4, 0.5) is 13.2 Å².